The Hall–Kier alpha value is -1.99. The standard InChI is InChI=1S/C19H25N5O2/c25-11-17-15-7-14(16-3-1-2-6-23(16)17)8-22(9-15)19(26)13-4-5-18-20-12-21-24(18)10-13/h4-5,10,12,14-17,25H,1-3,6-9,11H2/t14-,15+,16+,17+/m1/s1. The molecule has 3 saturated heterocycles. The number of fused-ring (bicyclic) bond motifs is 5. The summed E-state index contributed by atoms with van der Waals surface area (Å²) in [5.74, 6) is 0.959. The van der Waals surface area contributed by atoms with E-state index < -0.39 is 0 Å². The topological polar surface area (TPSA) is 74.0 Å². The molecule has 0 aliphatic carbocycles. The fourth-order valence-electron chi connectivity index (χ4n) is 5.45. The van der Waals surface area contributed by atoms with Crippen molar-refractivity contribution >= 4 is 11.6 Å². The van der Waals surface area contributed by atoms with Crippen LogP contribution in [0.2, 0.25) is 0 Å². The number of carbonyl (C=O) groups excluding carboxylic acids is 1. The van der Waals surface area contributed by atoms with E-state index >= 15 is 0 Å². The fourth-order valence-corrected chi connectivity index (χ4v) is 5.45. The Balaban J connectivity index is 1.41. The molecule has 7 heteroatoms. The van der Waals surface area contributed by atoms with Gasteiger partial charge in [-0.05, 0) is 49.8 Å². The highest BCUT2D eigenvalue weighted by molar-refractivity contribution is 5.94. The maximum Gasteiger partial charge on any atom is 0.255 e. The predicted octanol–water partition coefficient (Wildman–Crippen LogP) is 1.04. The third-order valence-corrected chi connectivity index (χ3v) is 6.62. The van der Waals surface area contributed by atoms with Gasteiger partial charge in [0.25, 0.3) is 5.91 Å². The smallest absolute Gasteiger partial charge is 0.255 e. The molecule has 3 fully saturated rings. The zero-order valence-corrected chi connectivity index (χ0v) is 14.9. The van der Waals surface area contributed by atoms with Gasteiger partial charge in [0.15, 0.2) is 5.65 Å². The summed E-state index contributed by atoms with van der Waals surface area (Å²) < 4.78 is 1.65. The van der Waals surface area contributed by atoms with Gasteiger partial charge in [-0.1, -0.05) is 6.42 Å². The van der Waals surface area contributed by atoms with Crippen LogP contribution in [-0.2, 0) is 0 Å². The largest absolute Gasteiger partial charge is 0.395 e. The van der Waals surface area contributed by atoms with Gasteiger partial charge < -0.3 is 10.0 Å². The number of rotatable bonds is 2. The molecule has 5 heterocycles. The van der Waals surface area contributed by atoms with Crippen molar-refractivity contribution < 1.29 is 9.90 Å². The monoisotopic (exact) mass is 355 g/mol. The Morgan fingerprint density at radius 1 is 1.23 bits per heavy atom. The van der Waals surface area contributed by atoms with Crippen LogP contribution in [0.4, 0.5) is 0 Å². The Morgan fingerprint density at radius 2 is 2.12 bits per heavy atom. The van der Waals surface area contributed by atoms with Gasteiger partial charge in [0.2, 0.25) is 0 Å². The Labute approximate surface area is 152 Å². The molecule has 3 aliphatic heterocycles. The SMILES string of the molecule is O=C(c1ccc2ncnn2c1)N1C[C@H]2C[C@@H](C1)[C@H](CO)N1CCCC[C@@H]21. The highest BCUT2D eigenvalue weighted by atomic mass is 16.3. The van der Waals surface area contributed by atoms with E-state index in [0.717, 1.165) is 31.7 Å². The third kappa shape index (κ3) is 2.53. The normalized spacial score (nSPS) is 31.8. The minimum Gasteiger partial charge on any atom is -0.395 e. The summed E-state index contributed by atoms with van der Waals surface area (Å²) in [5, 5.41) is 14.2. The van der Waals surface area contributed by atoms with Crippen LogP contribution in [0.15, 0.2) is 24.7 Å². The van der Waals surface area contributed by atoms with Crippen LogP contribution < -0.4 is 0 Å². The lowest BCUT2D eigenvalue weighted by Gasteiger charge is -2.56. The Kier molecular flexibility index (Phi) is 3.94. The fraction of sp³-hybridized carbons (Fsp3) is 0.632. The van der Waals surface area contributed by atoms with Crippen LogP contribution in [-0.4, -0.2) is 73.7 Å². The predicted molar refractivity (Wildman–Crippen MR) is 95.7 cm³/mol. The molecule has 0 saturated carbocycles. The first kappa shape index (κ1) is 16.2. The quantitative estimate of drug-likeness (QED) is 0.871. The van der Waals surface area contributed by atoms with Gasteiger partial charge in [0, 0.05) is 31.4 Å². The summed E-state index contributed by atoms with van der Waals surface area (Å²) in [7, 11) is 0. The molecule has 7 nitrogen and oxygen atoms in total. The van der Waals surface area contributed by atoms with Crippen molar-refractivity contribution in [3.8, 4) is 0 Å². The Morgan fingerprint density at radius 3 is 3.00 bits per heavy atom. The molecule has 4 atom stereocenters. The summed E-state index contributed by atoms with van der Waals surface area (Å²) >= 11 is 0. The average Bonchev–Trinajstić information content (AvgIpc) is 3.15. The summed E-state index contributed by atoms with van der Waals surface area (Å²) in [5.41, 5.74) is 1.40. The number of hydrogen-bond donors (Lipinski definition) is 1. The van der Waals surface area contributed by atoms with E-state index in [-0.39, 0.29) is 18.6 Å². The first-order chi connectivity index (χ1) is 12.7. The Bertz CT molecular complexity index is 807. The highest BCUT2D eigenvalue weighted by Gasteiger charge is 2.47. The number of aliphatic hydroxyl groups is 1. The molecule has 2 aromatic rings. The van der Waals surface area contributed by atoms with Gasteiger partial charge in [0.05, 0.1) is 12.2 Å². The van der Waals surface area contributed by atoms with E-state index in [9.17, 15) is 9.90 Å². The number of hydrogen-bond acceptors (Lipinski definition) is 5. The average molecular weight is 355 g/mol. The van der Waals surface area contributed by atoms with E-state index in [1.54, 1.807) is 10.7 Å². The van der Waals surface area contributed by atoms with Crippen molar-refractivity contribution in [1.82, 2.24) is 24.4 Å². The van der Waals surface area contributed by atoms with Crippen LogP contribution in [0.3, 0.4) is 0 Å². The molecule has 0 spiro atoms. The molecule has 0 radical (unpaired) electrons. The molecule has 26 heavy (non-hydrogen) atoms. The maximum absolute atomic E-state index is 13.1. The highest BCUT2D eigenvalue weighted by Crippen LogP contribution is 2.41. The molecule has 0 unspecified atom stereocenters. The van der Waals surface area contributed by atoms with E-state index in [4.69, 9.17) is 0 Å². The summed E-state index contributed by atoms with van der Waals surface area (Å²) in [6.07, 6.45) is 8.09. The van der Waals surface area contributed by atoms with Gasteiger partial charge in [0.1, 0.15) is 6.33 Å². The zero-order chi connectivity index (χ0) is 17.7. The summed E-state index contributed by atoms with van der Waals surface area (Å²) in [6, 6.07) is 4.40. The number of pyridine rings is 1. The van der Waals surface area contributed by atoms with Gasteiger partial charge in [-0.25, -0.2) is 9.50 Å². The molecule has 1 amide bonds. The van der Waals surface area contributed by atoms with E-state index in [1.165, 1.54) is 25.6 Å². The van der Waals surface area contributed by atoms with Gasteiger partial charge >= 0.3 is 0 Å². The molecule has 5 rings (SSSR count). The molecule has 2 bridgehead atoms. The first-order valence-corrected chi connectivity index (χ1v) is 9.70. The van der Waals surface area contributed by atoms with E-state index in [0.29, 0.717) is 23.4 Å². The number of aromatic nitrogens is 3. The number of aliphatic hydroxyl groups excluding tert-OH is 1. The van der Waals surface area contributed by atoms with Gasteiger partial charge in [-0.15, -0.1) is 0 Å². The van der Waals surface area contributed by atoms with Crippen molar-refractivity contribution in [2.45, 2.75) is 37.8 Å². The van der Waals surface area contributed by atoms with Crippen LogP contribution >= 0.6 is 0 Å². The van der Waals surface area contributed by atoms with Crippen LogP contribution in [0.1, 0.15) is 36.0 Å². The number of amides is 1. The molecule has 2 aromatic heterocycles. The lowest BCUT2D eigenvalue weighted by molar-refractivity contribution is -0.0795. The second kappa shape index (κ2) is 6.32. The van der Waals surface area contributed by atoms with Crippen LogP contribution in [0, 0.1) is 11.8 Å². The lowest BCUT2D eigenvalue weighted by atomic mass is 9.72. The van der Waals surface area contributed by atoms with Gasteiger partial charge in [-0.2, -0.15) is 5.10 Å². The maximum atomic E-state index is 13.1. The second-order valence-corrected chi connectivity index (χ2v) is 8.00. The summed E-state index contributed by atoms with van der Waals surface area (Å²) in [4.78, 5) is 21.8. The summed E-state index contributed by atoms with van der Waals surface area (Å²) in [6.45, 7) is 2.85. The van der Waals surface area contributed by atoms with E-state index in [2.05, 4.69) is 15.0 Å². The van der Waals surface area contributed by atoms with Crippen molar-refractivity contribution in [2.24, 2.45) is 11.8 Å². The van der Waals surface area contributed by atoms with Crippen molar-refractivity contribution in [3.05, 3.63) is 30.2 Å². The van der Waals surface area contributed by atoms with Crippen molar-refractivity contribution in [2.75, 3.05) is 26.2 Å². The first-order valence-electron chi connectivity index (χ1n) is 9.70. The number of carbonyl (C=O) groups is 1. The minimum absolute atomic E-state index is 0.0676. The number of piperidine rings is 3. The second-order valence-electron chi connectivity index (χ2n) is 8.00. The molecule has 1 N–H and O–H groups in total. The van der Waals surface area contributed by atoms with Crippen molar-refractivity contribution in [1.29, 1.82) is 0 Å². The van der Waals surface area contributed by atoms with E-state index in [1.807, 2.05) is 17.0 Å². The number of likely N-dealkylation sites (tertiary alicyclic amines) is 1. The lowest BCUT2D eigenvalue weighted by Crippen LogP contribution is -2.65. The van der Waals surface area contributed by atoms with Gasteiger partial charge in [-0.3, -0.25) is 9.69 Å². The molecule has 3 aliphatic rings. The van der Waals surface area contributed by atoms with Crippen LogP contribution in [0.25, 0.3) is 5.65 Å². The number of nitrogens with zero attached hydrogens (tertiary/aromatic N) is 5. The third-order valence-electron chi connectivity index (χ3n) is 6.62. The molecular weight excluding hydrogens is 330 g/mol. The molecule has 138 valence electrons. The molecular formula is C19H25N5O2. The minimum atomic E-state index is 0.0676. The van der Waals surface area contributed by atoms with Crippen LogP contribution in [0.5, 0.6) is 0 Å². The zero-order valence-electron chi connectivity index (χ0n) is 14.9. The van der Waals surface area contributed by atoms with Crippen molar-refractivity contribution in [3.63, 3.8) is 0 Å². The molecule has 0 aromatic carbocycles.